The summed E-state index contributed by atoms with van der Waals surface area (Å²) < 4.78 is 18.5. The topological polar surface area (TPSA) is 104 Å². The van der Waals surface area contributed by atoms with Crippen molar-refractivity contribution in [2.24, 2.45) is 0 Å². The summed E-state index contributed by atoms with van der Waals surface area (Å²) in [5, 5.41) is 11.2. The van der Waals surface area contributed by atoms with Crippen LogP contribution < -0.4 is 0 Å². The summed E-state index contributed by atoms with van der Waals surface area (Å²) in [5.41, 5.74) is 23.0. The summed E-state index contributed by atoms with van der Waals surface area (Å²) in [6.45, 7) is 0. The van der Waals surface area contributed by atoms with Gasteiger partial charge in [-0.1, -0.05) is 297 Å². The van der Waals surface area contributed by atoms with Crippen molar-refractivity contribution < 1.29 is 8.83 Å². The standard InChI is InChI=1S/2C49H29N3OS/c1-3-14-30(15-4-1)40-29-41(51-49(50-40)31-16-5-2-6-17-31)32-18-11-19-33(28-32)45-44-38-21-7-9-26-42(38)53-47(44)39-25-12-22-35(46(39)52-45)37-24-13-23-36-34-20-8-10-27-43(34)54-48(36)37;1-3-13-30(14-4-1)40-29-41(51-49(50-40)33-15-5-2-6-16-33)31-25-27-32(28-26-31)45-44-38-18-7-9-23-42(38)53-47(44)39-22-11-19-35(46(39)52-45)37-21-12-20-36-34-17-8-10-24-43(34)54-48(36)37/h2*1-29H. The summed E-state index contributed by atoms with van der Waals surface area (Å²) in [6.07, 6.45) is 0. The van der Waals surface area contributed by atoms with Crippen LogP contribution >= 0.6 is 22.7 Å². The molecule has 0 saturated carbocycles. The fraction of sp³-hybridized carbons (Fsp3) is 0. The zero-order valence-electron chi connectivity index (χ0n) is 57.8. The molecule has 10 heteroatoms. The second-order valence-electron chi connectivity index (χ2n) is 27.0. The van der Waals surface area contributed by atoms with Crippen LogP contribution in [-0.2, 0) is 0 Å². The van der Waals surface area contributed by atoms with Crippen molar-refractivity contribution in [2.75, 3.05) is 0 Å². The molecule has 22 rings (SSSR count). The third-order valence-corrected chi connectivity index (χ3v) is 23.0. The second-order valence-corrected chi connectivity index (χ2v) is 29.1. The lowest BCUT2D eigenvalue weighted by atomic mass is 9.96. The van der Waals surface area contributed by atoms with E-state index in [1.807, 2.05) is 120 Å². The van der Waals surface area contributed by atoms with Gasteiger partial charge in [0.25, 0.3) is 0 Å². The van der Waals surface area contributed by atoms with E-state index in [0.717, 1.165) is 155 Å². The molecule has 0 aliphatic carbocycles. The van der Waals surface area contributed by atoms with Gasteiger partial charge < -0.3 is 8.83 Å². The van der Waals surface area contributed by atoms with Gasteiger partial charge in [-0.15, -0.1) is 22.7 Å². The molecular weight excluding hydrogens is 1360 g/mol. The van der Waals surface area contributed by atoms with E-state index in [0.29, 0.717) is 11.6 Å². The minimum Gasteiger partial charge on any atom is -0.455 e. The molecule has 504 valence electrons. The number of rotatable bonds is 10. The maximum Gasteiger partial charge on any atom is 0.160 e. The lowest BCUT2D eigenvalue weighted by Gasteiger charge is -2.13. The minimum absolute atomic E-state index is 0.685. The Kier molecular flexibility index (Phi) is 15.1. The number of hydrogen-bond acceptors (Lipinski definition) is 10. The number of nitrogens with zero attached hydrogens (tertiary/aromatic N) is 6. The molecule has 108 heavy (non-hydrogen) atoms. The lowest BCUT2D eigenvalue weighted by molar-refractivity contribution is 0.672. The first kappa shape index (κ1) is 62.6. The molecule has 0 fully saturated rings. The van der Waals surface area contributed by atoms with Gasteiger partial charge in [0, 0.05) is 129 Å². The van der Waals surface area contributed by atoms with Crippen LogP contribution in [0.1, 0.15) is 0 Å². The number of furan rings is 2. The van der Waals surface area contributed by atoms with E-state index >= 15 is 0 Å². The molecular formula is C98H58N6O2S2. The molecule has 0 amide bonds. The van der Waals surface area contributed by atoms with Crippen LogP contribution in [0.15, 0.2) is 361 Å². The first-order chi connectivity index (χ1) is 53.5. The van der Waals surface area contributed by atoms with Crippen molar-refractivity contribution in [1.29, 1.82) is 0 Å². The zero-order valence-corrected chi connectivity index (χ0v) is 59.4. The molecule has 0 atom stereocenters. The Labute approximate surface area is 627 Å². The number of pyridine rings is 2. The van der Waals surface area contributed by atoms with Gasteiger partial charge in [0.15, 0.2) is 11.6 Å². The molecule has 0 aliphatic rings. The Morgan fingerprint density at radius 1 is 0.213 bits per heavy atom. The van der Waals surface area contributed by atoms with E-state index in [9.17, 15) is 0 Å². The van der Waals surface area contributed by atoms with Gasteiger partial charge in [-0.05, 0) is 54.6 Å². The molecule has 0 unspecified atom stereocenters. The summed E-state index contributed by atoms with van der Waals surface area (Å²) in [4.78, 5) is 31.4. The Hall–Kier alpha value is -13.9. The lowest BCUT2D eigenvalue weighted by Crippen LogP contribution is -1.96. The van der Waals surface area contributed by atoms with Gasteiger partial charge in [-0.3, -0.25) is 0 Å². The van der Waals surface area contributed by atoms with E-state index in [1.165, 1.54) is 51.5 Å². The van der Waals surface area contributed by atoms with Crippen molar-refractivity contribution in [3.8, 4) is 113 Å². The van der Waals surface area contributed by atoms with E-state index in [-0.39, 0.29) is 0 Å². The summed E-state index contributed by atoms with van der Waals surface area (Å²) in [7, 11) is 0. The van der Waals surface area contributed by atoms with Gasteiger partial charge >= 0.3 is 0 Å². The summed E-state index contributed by atoms with van der Waals surface area (Å²) in [6, 6.07) is 122. The molecule has 0 spiro atoms. The number of fused-ring (bicyclic) bond motifs is 16. The number of para-hydroxylation sites is 4. The highest BCUT2D eigenvalue weighted by molar-refractivity contribution is 7.26. The second kappa shape index (κ2) is 26.1. The Morgan fingerprint density at radius 3 is 1.00 bits per heavy atom. The van der Waals surface area contributed by atoms with Crippen LogP contribution in [-0.4, -0.2) is 29.9 Å². The van der Waals surface area contributed by atoms with Gasteiger partial charge in [-0.25, -0.2) is 29.9 Å². The minimum atomic E-state index is 0.685. The highest BCUT2D eigenvalue weighted by Gasteiger charge is 2.25. The fourth-order valence-electron chi connectivity index (χ4n) is 15.5. The quantitative estimate of drug-likeness (QED) is 0.133. The first-order valence-electron chi connectivity index (χ1n) is 36.0. The predicted octanol–water partition coefficient (Wildman–Crippen LogP) is 27.3. The number of aromatic nitrogens is 6. The SMILES string of the molecule is c1ccc(-c2cc(-c3ccc(-c4nc5c(-c6cccc7c6sc6ccccc67)cccc5c5oc6ccccc6c45)cc3)nc(-c3ccccc3)n2)cc1.c1ccc(-c2cc(-c3cccc(-c4nc5c(-c6cccc7c6sc6ccccc67)cccc5c5oc6ccccc6c45)c3)nc(-c3ccccc3)n2)cc1. The largest absolute Gasteiger partial charge is 0.455 e. The normalized spacial score (nSPS) is 11.7. The molecule has 0 N–H and O–H groups in total. The van der Waals surface area contributed by atoms with Gasteiger partial charge in [0.1, 0.15) is 22.3 Å². The van der Waals surface area contributed by atoms with Gasteiger partial charge in [0.2, 0.25) is 0 Å². The molecule has 8 nitrogen and oxygen atoms in total. The molecule has 14 aromatic carbocycles. The van der Waals surface area contributed by atoms with Crippen LogP contribution in [0.2, 0.25) is 0 Å². The average molecular weight is 1420 g/mol. The van der Waals surface area contributed by atoms with Gasteiger partial charge in [-0.2, -0.15) is 0 Å². The first-order valence-corrected chi connectivity index (χ1v) is 37.7. The van der Waals surface area contributed by atoms with Crippen molar-refractivity contribution in [3.05, 3.63) is 352 Å². The van der Waals surface area contributed by atoms with Crippen LogP contribution in [0.25, 0.3) is 219 Å². The van der Waals surface area contributed by atoms with Crippen LogP contribution in [0.3, 0.4) is 0 Å². The van der Waals surface area contributed by atoms with E-state index in [1.54, 1.807) is 0 Å². The molecule has 0 radical (unpaired) electrons. The Balaban J connectivity index is 0.000000138. The van der Waals surface area contributed by atoms with E-state index in [4.69, 9.17) is 38.7 Å². The monoisotopic (exact) mass is 1410 g/mol. The van der Waals surface area contributed by atoms with Crippen LogP contribution in [0, 0.1) is 0 Å². The molecule has 8 heterocycles. The molecule has 0 aliphatic heterocycles. The smallest absolute Gasteiger partial charge is 0.160 e. The maximum atomic E-state index is 6.74. The molecule has 22 aromatic rings. The Bertz CT molecular complexity index is 7180. The molecule has 0 saturated heterocycles. The highest BCUT2D eigenvalue weighted by atomic mass is 32.1. The van der Waals surface area contributed by atoms with E-state index < -0.39 is 0 Å². The van der Waals surface area contributed by atoms with Crippen LogP contribution in [0.5, 0.6) is 0 Å². The number of benzene rings is 14. The van der Waals surface area contributed by atoms with Gasteiger partial charge in [0.05, 0.1) is 56.0 Å². The predicted molar refractivity (Wildman–Crippen MR) is 449 cm³/mol. The third kappa shape index (κ3) is 10.8. The Morgan fingerprint density at radius 2 is 0.537 bits per heavy atom. The number of hydrogen-bond donors (Lipinski definition) is 0. The van der Waals surface area contributed by atoms with E-state index in [2.05, 4.69) is 255 Å². The highest BCUT2D eigenvalue weighted by Crippen LogP contribution is 2.49. The molecule has 0 bridgehead atoms. The van der Waals surface area contributed by atoms with Crippen LogP contribution in [0.4, 0.5) is 0 Å². The average Bonchev–Trinajstić information content (AvgIpc) is 1.53. The van der Waals surface area contributed by atoms with Crippen molar-refractivity contribution in [1.82, 2.24) is 29.9 Å². The number of thiophene rings is 2. The van der Waals surface area contributed by atoms with Crippen molar-refractivity contribution >= 4 is 129 Å². The third-order valence-electron chi connectivity index (χ3n) is 20.6. The zero-order chi connectivity index (χ0) is 71.2. The van der Waals surface area contributed by atoms with Crippen molar-refractivity contribution in [3.63, 3.8) is 0 Å². The summed E-state index contributed by atoms with van der Waals surface area (Å²) >= 11 is 3.67. The maximum absolute atomic E-state index is 6.74. The molecule has 8 aromatic heterocycles. The summed E-state index contributed by atoms with van der Waals surface area (Å²) in [5.74, 6) is 1.38. The van der Waals surface area contributed by atoms with Crippen molar-refractivity contribution in [2.45, 2.75) is 0 Å². The fourth-order valence-corrected chi connectivity index (χ4v) is 18.0.